The van der Waals surface area contributed by atoms with Crippen LogP contribution in [0.25, 0.3) is 6.08 Å². The Bertz CT molecular complexity index is 607. The van der Waals surface area contributed by atoms with E-state index in [4.69, 9.17) is 9.31 Å². The van der Waals surface area contributed by atoms with Gasteiger partial charge in [0, 0.05) is 0 Å². The number of aromatic amines is 1. The van der Waals surface area contributed by atoms with E-state index in [1.165, 1.54) is 6.08 Å². The van der Waals surface area contributed by atoms with Crippen molar-refractivity contribution in [3.05, 3.63) is 27.7 Å². The SMILES string of the molecule is CC1(C)OB(C(=Cc2c(O)nc[nH]c2=O)CO)OC1(C)C. The summed E-state index contributed by atoms with van der Waals surface area (Å²) < 4.78 is 11.6. The van der Waals surface area contributed by atoms with Crippen molar-refractivity contribution in [2.24, 2.45) is 0 Å². The van der Waals surface area contributed by atoms with E-state index in [2.05, 4.69) is 9.97 Å². The first kappa shape index (κ1) is 15.7. The molecular weight excluding hydrogens is 275 g/mol. The first-order valence-electron chi connectivity index (χ1n) is 6.61. The first-order chi connectivity index (χ1) is 9.68. The van der Waals surface area contributed by atoms with Crippen molar-refractivity contribution in [1.82, 2.24) is 9.97 Å². The topological polar surface area (TPSA) is 105 Å². The number of aromatic hydroxyl groups is 1. The van der Waals surface area contributed by atoms with Crippen molar-refractivity contribution in [3.8, 4) is 5.88 Å². The fraction of sp³-hybridized carbons (Fsp3) is 0.538. The van der Waals surface area contributed by atoms with Gasteiger partial charge in [0.15, 0.2) is 0 Å². The van der Waals surface area contributed by atoms with Crippen LogP contribution >= 0.6 is 0 Å². The molecular formula is C13H19BN2O5. The highest BCUT2D eigenvalue weighted by molar-refractivity contribution is 6.55. The summed E-state index contributed by atoms with van der Waals surface area (Å²) in [4.78, 5) is 17.7. The highest BCUT2D eigenvalue weighted by atomic mass is 16.7. The molecule has 0 spiro atoms. The molecule has 1 aliphatic rings. The van der Waals surface area contributed by atoms with Crippen molar-refractivity contribution in [2.45, 2.75) is 38.9 Å². The van der Waals surface area contributed by atoms with Crippen LogP contribution in [-0.4, -0.2) is 45.1 Å². The van der Waals surface area contributed by atoms with Gasteiger partial charge in [0.1, 0.15) is 5.56 Å². The van der Waals surface area contributed by atoms with E-state index in [1.54, 1.807) is 0 Å². The molecule has 0 unspecified atom stereocenters. The van der Waals surface area contributed by atoms with Gasteiger partial charge in [-0.3, -0.25) is 4.79 Å². The van der Waals surface area contributed by atoms with Crippen molar-refractivity contribution in [1.29, 1.82) is 0 Å². The maximum Gasteiger partial charge on any atom is 0.492 e. The maximum atomic E-state index is 11.7. The van der Waals surface area contributed by atoms with Gasteiger partial charge in [-0.2, -0.15) is 0 Å². The fourth-order valence-corrected chi connectivity index (χ4v) is 1.90. The zero-order chi connectivity index (χ0) is 15.8. The van der Waals surface area contributed by atoms with Crippen LogP contribution in [-0.2, 0) is 9.31 Å². The first-order valence-corrected chi connectivity index (χ1v) is 6.61. The summed E-state index contributed by atoms with van der Waals surface area (Å²) in [6, 6.07) is 0. The third-order valence-corrected chi connectivity index (χ3v) is 3.94. The molecule has 0 radical (unpaired) electrons. The molecule has 0 aliphatic carbocycles. The molecule has 0 saturated carbocycles. The lowest BCUT2D eigenvalue weighted by Crippen LogP contribution is -2.41. The number of nitrogens with one attached hydrogen (secondary N) is 1. The minimum absolute atomic E-state index is 0.0451. The maximum absolute atomic E-state index is 11.7. The van der Waals surface area contributed by atoms with Gasteiger partial charge < -0.3 is 24.5 Å². The van der Waals surface area contributed by atoms with Crippen molar-refractivity contribution >= 4 is 13.2 Å². The quantitative estimate of drug-likeness (QED) is 0.700. The summed E-state index contributed by atoms with van der Waals surface area (Å²) in [5.74, 6) is -0.416. The Hall–Kier alpha value is -1.64. The second kappa shape index (κ2) is 5.29. The standard InChI is InChI=1S/C13H19BN2O5/c1-12(2)13(3,4)21-14(20-12)8(6-17)5-9-10(18)15-7-16-11(9)19/h5,7,17H,6H2,1-4H3,(H2,15,16,18,19). The minimum Gasteiger partial charge on any atom is -0.493 e. The zero-order valence-electron chi connectivity index (χ0n) is 12.5. The Labute approximate surface area is 122 Å². The Morgan fingerprint density at radius 2 is 1.95 bits per heavy atom. The second-order valence-corrected chi connectivity index (χ2v) is 5.93. The minimum atomic E-state index is -0.793. The monoisotopic (exact) mass is 294 g/mol. The number of nitrogens with zero attached hydrogens (tertiary/aromatic N) is 1. The molecule has 2 heterocycles. The van der Waals surface area contributed by atoms with Crippen LogP contribution in [0, 0.1) is 0 Å². The van der Waals surface area contributed by atoms with E-state index in [-0.39, 0.29) is 12.2 Å². The Balaban J connectivity index is 2.38. The molecule has 0 atom stereocenters. The van der Waals surface area contributed by atoms with Crippen LogP contribution in [0.1, 0.15) is 33.3 Å². The summed E-state index contributed by atoms with van der Waals surface area (Å²) in [5.41, 5.74) is -1.34. The van der Waals surface area contributed by atoms with Crippen molar-refractivity contribution in [2.75, 3.05) is 6.61 Å². The summed E-state index contributed by atoms with van der Waals surface area (Å²) in [7, 11) is -0.793. The highest BCUT2D eigenvalue weighted by Gasteiger charge is 2.52. The number of H-pyrrole nitrogens is 1. The van der Waals surface area contributed by atoms with Crippen LogP contribution in [0.2, 0.25) is 0 Å². The molecule has 0 aromatic carbocycles. The number of aromatic nitrogens is 2. The lowest BCUT2D eigenvalue weighted by Gasteiger charge is -2.32. The number of aliphatic hydroxyl groups is 1. The van der Waals surface area contributed by atoms with Crippen molar-refractivity contribution in [3.63, 3.8) is 0 Å². The van der Waals surface area contributed by atoms with Gasteiger partial charge in [0.05, 0.1) is 24.1 Å². The lowest BCUT2D eigenvalue weighted by molar-refractivity contribution is 0.00578. The van der Waals surface area contributed by atoms with Gasteiger partial charge in [-0.05, 0) is 39.2 Å². The summed E-state index contributed by atoms with van der Waals surface area (Å²) in [6.07, 6.45) is 2.44. The van der Waals surface area contributed by atoms with E-state index in [1.807, 2.05) is 27.7 Å². The third-order valence-electron chi connectivity index (χ3n) is 3.94. The third kappa shape index (κ3) is 2.87. The number of rotatable bonds is 3. The predicted molar refractivity (Wildman–Crippen MR) is 77.7 cm³/mol. The zero-order valence-corrected chi connectivity index (χ0v) is 12.5. The lowest BCUT2D eigenvalue weighted by atomic mass is 9.77. The van der Waals surface area contributed by atoms with Crippen LogP contribution in [0.5, 0.6) is 5.88 Å². The van der Waals surface area contributed by atoms with Crippen LogP contribution in [0.15, 0.2) is 16.6 Å². The van der Waals surface area contributed by atoms with Gasteiger partial charge in [-0.25, -0.2) is 4.98 Å². The molecule has 1 aromatic heterocycles. The molecule has 2 rings (SSSR count). The molecule has 1 fully saturated rings. The number of hydrogen-bond donors (Lipinski definition) is 3. The summed E-state index contributed by atoms with van der Waals surface area (Å²) in [6.45, 7) is 7.17. The van der Waals surface area contributed by atoms with Crippen LogP contribution in [0.4, 0.5) is 0 Å². The van der Waals surface area contributed by atoms with Gasteiger partial charge in [0.2, 0.25) is 5.88 Å². The normalized spacial score (nSPS) is 20.8. The summed E-state index contributed by atoms with van der Waals surface area (Å²) >= 11 is 0. The molecule has 114 valence electrons. The largest absolute Gasteiger partial charge is 0.493 e. The summed E-state index contributed by atoms with van der Waals surface area (Å²) in [5, 5.41) is 19.2. The van der Waals surface area contributed by atoms with E-state index in [0.29, 0.717) is 5.47 Å². The van der Waals surface area contributed by atoms with E-state index in [9.17, 15) is 15.0 Å². The molecule has 7 nitrogen and oxygen atoms in total. The van der Waals surface area contributed by atoms with Crippen LogP contribution < -0.4 is 5.56 Å². The molecule has 21 heavy (non-hydrogen) atoms. The molecule has 8 heteroatoms. The van der Waals surface area contributed by atoms with Crippen LogP contribution in [0.3, 0.4) is 0 Å². The van der Waals surface area contributed by atoms with Gasteiger partial charge in [-0.15, -0.1) is 0 Å². The van der Waals surface area contributed by atoms with Gasteiger partial charge in [-0.1, -0.05) is 0 Å². The van der Waals surface area contributed by atoms with E-state index in [0.717, 1.165) is 6.33 Å². The average Bonchev–Trinajstić information content (AvgIpc) is 2.58. The second-order valence-electron chi connectivity index (χ2n) is 5.93. The predicted octanol–water partition coefficient (Wildman–Crippen LogP) is 0.483. The molecule has 1 aliphatic heterocycles. The Morgan fingerprint density at radius 3 is 2.43 bits per heavy atom. The van der Waals surface area contributed by atoms with E-state index < -0.39 is 29.8 Å². The smallest absolute Gasteiger partial charge is 0.492 e. The molecule has 1 aromatic rings. The number of aliphatic hydroxyl groups excluding tert-OH is 1. The fourth-order valence-electron chi connectivity index (χ4n) is 1.90. The average molecular weight is 294 g/mol. The Kier molecular flexibility index (Phi) is 3.96. The van der Waals surface area contributed by atoms with Crippen molar-refractivity contribution < 1.29 is 19.5 Å². The van der Waals surface area contributed by atoms with Gasteiger partial charge >= 0.3 is 7.12 Å². The molecule has 3 N–H and O–H groups in total. The van der Waals surface area contributed by atoms with Gasteiger partial charge in [0.25, 0.3) is 5.56 Å². The molecule has 0 bridgehead atoms. The Morgan fingerprint density at radius 1 is 1.38 bits per heavy atom. The van der Waals surface area contributed by atoms with E-state index >= 15 is 0 Å². The molecule has 0 amide bonds. The number of hydrogen-bond acceptors (Lipinski definition) is 6. The highest BCUT2D eigenvalue weighted by Crippen LogP contribution is 2.38. The molecule has 1 saturated heterocycles.